The lowest BCUT2D eigenvalue weighted by Gasteiger charge is -2.06. The number of ether oxygens (including phenoxy) is 2. The summed E-state index contributed by atoms with van der Waals surface area (Å²) >= 11 is 0. The first-order chi connectivity index (χ1) is 16.1. The molecule has 0 aliphatic heterocycles. The Kier molecular flexibility index (Phi) is 6.42. The lowest BCUT2D eigenvalue weighted by Crippen LogP contribution is -2.14. The molecule has 1 N–H and O–H groups in total. The van der Waals surface area contributed by atoms with Crippen molar-refractivity contribution in [2.24, 2.45) is 0 Å². The van der Waals surface area contributed by atoms with Crippen molar-refractivity contribution < 1.29 is 18.7 Å². The van der Waals surface area contributed by atoms with Crippen LogP contribution >= 0.6 is 0 Å². The maximum Gasteiger partial charge on any atom is 0.231 e. The maximum atomic E-state index is 12.7. The number of amides is 1. The lowest BCUT2D eigenvalue weighted by atomic mass is 9.98. The molecule has 0 saturated heterocycles. The summed E-state index contributed by atoms with van der Waals surface area (Å²) in [6, 6.07) is 26.3. The summed E-state index contributed by atoms with van der Waals surface area (Å²) in [5.74, 6) is 1.73. The molecule has 0 aliphatic carbocycles. The molecule has 0 spiro atoms. The largest absolute Gasteiger partial charge is 0.497 e. The molecular weight excluding hydrogens is 416 g/mol. The number of furan rings is 1. The number of rotatable bonds is 7. The quantitative estimate of drug-likeness (QED) is 0.401. The van der Waals surface area contributed by atoms with E-state index in [4.69, 9.17) is 13.9 Å². The van der Waals surface area contributed by atoms with Crippen molar-refractivity contribution in [1.82, 2.24) is 0 Å². The number of methoxy groups -OCH3 is 2. The van der Waals surface area contributed by atoms with Gasteiger partial charge in [-0.1, -0.05) is 42.5 Å². The second-order valence-electron chi connectivity index (χ2n) is 7.29. The van der Waals surface area contributed by atoms with E-state index in [1.54, 1.807) is 14.2 Å². The van der Waals surface area contributed by atoms with Gasteiger partial charge in [0.2, 0.25) is 11.8 Å². The number of hydrogen-bond donors (Lipinski definition) is 1. The number of hydrogen-bond acceptors (Lipinski definition) is 5. The van der Waals surface area contributed by atoms with E-state index in [0.717, 1.165) is 16.7 Å². The second kappa shape index (κ2) is 9.75. The van der Waals surface area contributed by atoms with Crippen LogP contribution in [0.15, 0.2) is 83.3 Å². The van der Waals surface area contributed by atoms with Gasteiger partial charge in [0, 0.05) is 11.1 Å². The fourth-order valence-corrected chi connectivity index (χ4v) is 3.56. The minimum Gasteiger partial charge on any atom is -0.497 e. The molecule has 33 heavy (non-hydrogen) atoms. The summed E-state index contributed by atoms with van der Waals surface area (Å²) < 4.78 is 16.6. The number of nitrogens with zero attached hydrogens (tertiary/aromatic N) is 1. The first-order valence-corrected chi connectivity index (χ1v) is 10.3. The third-order valence-electron chi connectivity index (χ3n) is 5.21. The minimum absolute atomic E-state index is 0.120. The van der Waals surface area contributed by atoms with Crippen molar-refractivity contribution in [3.8, 4) is 40.0 Å². The molecule has 0 saturated carbocycles. The van der Waals surface area contributed by atoms with Gasteiger partial charge >= 0.3 is 0 Å². The standard InChI is InChI=1S/C27H22N2O4/c1-31-21-12-8-19(9-13-21)25-23(17-28)27(29-24(30)16-18-6-4-3-5-7-18)33-26(25)20-10-14-22(32-2)15-11-20/h3-15H,16H2,1-2H3,(H,29,30). The monoisotopic (exact) mass is 438 g/mol. The highest BCUT2D eigenvalue weighted by Crippen LogP contribution is 2.42. The van der Waals surface area contributed by atoms with Crippen LogP contribution in [-0.2, 0) is 11.2 Å². The Morgan fingerprint density at radius 2 is 1.45 bits per heavy atom. The van der Waals surface area contributed by atoms with Crippen molar-refractivity contribution >= 4 is 11.8 Å². The molecule has 0 fully saturated rings. The van der Waals surface area contributed by atoms with E-state index in [1.807, 2.05) is 78.9 Å². The summed E-state index contributed by atoms with van der Waals surface area (Å²) in [6.07, 6.45) is 0.169. The van der Waals surface area contributed by atoms with Gasteiger partial charge in [-0.2, -0.15) is 5.26 Å². The molecule has 164 valence electrons. The fourth-order valence-electron chi connectivity index (χ4n) is 3.56. The number of benzene rings is 3. The zero-order valence-electron chi connectivity index (χ0n) is 18.3. The Bertz CT molecular complexity index is 1290. The van der Waals surface area contributed by atoms with Gasteiger partial charge in [0.15, 0.2) is 0 Å². The van der Waals surface area contributed by atoms with Gasteiger partial charge in [0.1, 0.15) is 28.9 Å². The lowest BCUT2D eigenvalue weighted by molar-refractivity contribution is -0.115. The average Bonchev–Trinajstić information content (AvgIpc) is 3.22. The molecular formula is C27H22N2O4. The SMILES string of the molecule is COc1ccc(-c2oc(NC(=O)Cc3ccccc3)c(C#N)c2-c2ccc(OC)cc2)cc1. The van der Waals surface area contributed by atoms with Crippen molar-refractivity contribution in [3.63, 3.8) is 0 Å². The molecule has 6 nitrogen and oxygen atoms in total. The van der Waals surface area contributed by atoms with E-state index < -0.39 is 0 Å². The number of carbonyl (C=O) groups is 1. The molecule has 1 amide bonds. The van der Waals surface area contributed by atoms with E-state index in [2.05, 4.69) is 11.4 Å². The van der Waals surface area contributed by atoms with Crippen LogP contribution in [-0.4, -0.2) is 20.1 Å². The van der Waals surface area contributed by atoms with Crippen molar-refractivity contribution in [1.29, 1.82) is 5.26 Å². The smallest absolute Gasteiger partial charge is 0.231 e. The minimum atomic E-state index is -0.269. The Morgan fingerprint density at radius 3 is 2.00 bits per heavy atom. The molecule has 0 aliphatic rings. The zero-order chi connectivity index (χ0) is 23.2. The van der Waals surface area contributed by atoms with Gasteiger partial charge < -0.3 is 13.9 Å². The van der Waals surface area contributed by atoms with E-state index in [1.165, 1.54) is 0 Å². The Labute approximate surface area is 192 Å². The zero-order valence-corrected chi connectivity index (χ0v) is 18.3. The van der Waals surface area contributed by atoms with Crippen LogP contribution in [0.1, 0.15) is 11.1 Å². The van der Waals surface area contributed by atoms with Gasteiger partial charge in [-0.15, -0.1) is 0 Å². The van der Waals surface area contributed by atoms with Gasteiger partial charge in [0.05, 0.1) is 20.6 Å². The molecule has 0 atom stereocenters. The molecule has 1 heterocycles. The van der Waals surface area contributed by atoms with Crippen LogP contribution < -0.4 is 14.8 Å². The summed E-state index contributed by atoms with van der Waals surface area (Å²) in [6.45, 7) is 0. The fraction of sp³-hybridized carbons (Fsp3) is 0.111. The summed E-state index contributed by atoms with van der Waals surface area (Å²) in [4.78, 5) is 12.7. The van der Waals surface area contributed by atoms with Crippen molar-refractivity contribution in [2.75, 3.05) is 19.5 Å². The van der Waals surface area contributed by atoms with Gasteiger partial charge in [0.25, 0.3) is 0 Å². The first kappa shape index (κ1) is 21.7. The molecule has 0 unspecified atom stereocenters. The summed E-state index contributed by atoms with van der Waals surface area (Å²) in [5.41, 5.74) is 3.24. The highest BCUT2D eigenvalue weighted by atomic mass is 16.5. The molecule has 0 radical (unpaired) electrons. The molecule has 4 rings (SSSR count). The van der Waals surface area contributed by atoms with Crippen LogP contribution in [0, 0.1) is 11.3 Å². The van der Waals surface area contributed by atoms with Crippen LogP contribution in [0.3, 0.4) is 0 Å². The Hall–Kier alpha value is -4.50. The van der Waals surface area contributed by atoms with Crippen molar-refractivity contribution in [2.45, 2.75) is 6.42 Å². The Morgan fingerprint density at radius 1 is 0.879 bits per heavy atom. The molecule has 6 heteroatoms. The van der Waals surface area contributed by atoms with Crippen LogP contribution in [0.25, 0.3) is 22.5 Å². The first-order valence-electron chi connectivity index (χ1n) is 10.3. The summed E-state index contributed by atoms with van der Waals surface area (Å²) in [7, 11) is 3.19. The topological polar surface area (TPSA) is 84.5 Å². The molecule has 3 aromatic carbocycles. The van der Waals surface area contributed by atoms with E-state index >= 15 is 0 Å². The number of nitriles is 1. The molecule has 4 aromatic rings. The Balaban J connectivity index is 1.77. The van der Waals surface area contributed by atoms with E-state index in [-0.39, 0.29) is 23.8 Å². The number of anilines is 1. The number of carbonyl (C=O) groups excluding carboxylic acids is 1. The molecule has 1 aromatic heterocycles. The second-order valence-corrected chi connectivity index (χ2v) is 7.29. The molecule has 0 bridgehead atoms. The van der Waals surface area contributed by atoms with E-state index in [9.17, 15) is 10.1 Å². The normalized spacial score (nSPS) is 10.3. The third kappa shape index (κ3) is 4.73. The van der Waals surface area contributed by atoms with Crippen molar-refractivity contribution in [3.05, 3.63) is 90.0 Å². The van der Waals surface area contributed by atoms with E-state index in [0.29, 0.717) is 22.8 Å². The van der Waals surface area contributed by atoms with Crippen LogP contribution in [0.5, 0.6) is 11.5 Å². The average molecular weight is 438 g/mol. The highest BCUT2D eigenvalue weighted by Gasteiger charge is 2.24. The van der Waals surface area contributed by atoms with Crippen LogP contribution in [0.4, 0.5) is 5.88 Å². The van der Waals surface area contributed by atoms with Gasteiger partial charge in [-0.3, -0.25) is 10.1 Å². The number of nitrogens with one attached hydrogen (secondary N) is 1. The maximum absolute atomic E-state index is 12.7. The third-order valence-corrected chi connectivity index (χ3v) is 5.21. The predicted octanol–water partition coefficient (Wildman–Crippen LogP) is 5.68. The van der Waals surface area contributed by atoms with Gasteiger partial charge in [-0.25, -0.2) is 0 Å². The van der Waals surface area contributed by atoms with Crippen LogP contribution in [0.2, 0.25) is 0 Å². The van der Waals surface area contributed by atoms with Gasteiger partial charge in [-0.05, 0) is 47.5 Å². The highest BCUT2D eigenvalue weighted by molar-refractivity contribution is 5.96. The summed E-state index contributed by atoms with van der Waals surface area (Å²) in [5, 5.41) is 12.8. The predicted molar refractivity (Wildman–Crippen MR) is 126 cm³/mol.